The first kappa shape index (κ1) is 12.1. The first-order valence-corrected chi connectivity index (χ1v) is 6.39. The summed E-state index contributed by atoms with van der Waals surface area (Å²) in [5.41, 5.74) is -0.134. The van der Waals surface area contributed by atoms with Crippen molar-refractivity contribution >= 4 is 5.78 Å². The molecule has 1 aliphatic heterocycles. The number of hydrogen-bond donors (Lipinski definition) is 1. The van der Waals surface area contributed by atoms with Crippen LogP contribution in [0.25, 0.3) is 0 Å². The van der Waals surface area contributed by atoms with Crippen LogP contribution in [0.5, 0.6) is 0 Å². The summed E-state index contributed by atoms with van der Waals surface area (Å²) in [5.74, 6) is 0.584. The number of Topliss-reactive ketones (excluding diaryl/α,β-unsaturated/α-hetero) is 1. The van der Waals surface area contributed by atoms with Gasteiger partial charge in [-0.15, -0.1) is 0 Å². The second kappa shape index (κ2) is 4.46. The molecule has 2 fully saturated rings. The minimum Gasteiger partial charge on any atom is -0.378 e. The van der Waals surface area contributed by atoms with Crippen LogP contribution in [0.2, 0.25) is 0 Å². The molecule has 0 aromatic heterocycles. The molecule has 16 heavy (non-hydrogen) atoms. The Hall–Kier alpha value is -0.410. The fourth-order valence-electron chi connectivity index (χ4n) is 2.97. The summed E-state index contributed by atoms with van der Waals surface area (Å²) < 4.78 is 5.55. The molecule has 1 heterocycles. The molecule has 92 valence electrons. The summed E-state index contributed by atoms with van der Waals surface area (Å²) in [6, 6.07) is 0.604. The topological polar surface area (TPSA) is 38.3 Å². The minimum atomic E-state index is -0.134. The lowest BCUT2D eigenvalue weighted by Crippen LogP contribution is -2.55. The van der Waals surface area contributed by atoms with Gasteiger partial charge in [-0.25, -0.2) is 0 Å². The molecule has 0 spiro atoms. The number of ether oxygens (including phenoxy) is 1. The number of rotatable bonds is 1. The summed E-state index contributed by atoms with van der Waals surface area (Å²) in [7, 11) is 0. The number of nitrogens with one attached hydrogen (secondary N) is 1. The number of ketones is 1. The minimum absolute atomic E-state index is 0.134. The molecular formula is C13H23NO2. The van der Waals surface area contributed by atoms with E-state index in [-0.39, 0.29) is 17.4 Å². The van der Waals surface area contributed by atoms with Gasteiger partial charge in [-0.1, -0.05) is 20.3 Å². The van der Waals surface area contributed by atoms with Crippen LogP contribution in [0.15, 0.2) is 0 Å². The highest BCUT2D eigenvalue weighted by molar-refractivity contribution is 5.87. The Kier molecular flexibility index (Phi) is 3.36. The second-order valence-electron chi connectivity index (χ2n) is 5.96. The molecule has 1 saturated carbocycles. The maximum absolute atomic E-state index is 12.4. The van der Waals surface area contributed by atoms with Gasteiger partial charge < -0.3 is 10.1 Å². The molecule has 3 nitrogen and oxygen atoms in total. The van der Waals surface area contributed by atoms with Gasteiger partial charge in [-0.05, 0) is 19.8 Å². The molecule has 2 rings (SSSR count). The second-order valence-corrected chi connectivity index (χ2v) is 5.96. The van der Waals surface area contributed by atoms with Crippen molar-refractivity contribution in [2.24, 2.45) is 11.3 Å². The molecule has 3 atom stereocenters. The third-order valence-corrected chi connectivity index (χ3v) is 3.97. The summed E-state index contributed by atoms with van der Waals surface area (Å²) >= 11 is 0. The largest absolute Gasteiger partial charge is 0.378 e. The average Bonchev–Trinajstić information content (AvgIpc) is 2.22. The maximum atomic E-state index is 12.4. The highest BCUT2D eigenvalue weighted by atomic mass is 16.5. The molecule has 0 aromatic rings. The zero-order chi connectivity index (χ0) is 11.8. The maximum Gasteiger partial charge on any atom is 0.143 e. The first-order chi connectivity index (χ1) is 7.50. The molecule has 0 aromatic carbocycles. The van der Waals surface area contributed by atoms with Gasteiger partial charge in [0.2, 0.25) is 0 Å². The van der Waals surface area contributed by atoms with Crippen LogP contribution in [0.1, 0.15) is 40.0 Å². The molecule has 3 unspecified atom stereocenters. The third kappa shape index (κ3) is 2.30. The van der Waals surface area contributed by atoms with Crippen LogP contribution in [-0.2, 0) is 9.53 Å². The standard InChI is InChI=1S/C13H23NO2/c1-9-7-16-8-11(14-9)10-5-4-6-13(2,3)12(10)15/h9-11,14H,4-8H2,1-3H3. The smallest absolute Gasteiger partial charge is 0.143 e. The lowest BCUT2D eigenvalue weighted by atomic mass is 9.68. The zero-order valence-electron chi connectivity index (χ0n) is 10.6. The first-order valence-electron chi connectivity index (χ1n) is 6.39. The molecular weight excluding hydrogens is 202 g/mol. The van der Waals surface area contributed by atoms with Gasteiger partial charge in [-0.2, -0.15) is 0 Å². The van der Waals surface area contributed by atoms with E-state index in [1.54, 1.807) is 0 Å². The van der Waals surface area contributed by atoms with Crippen LogP contribution >= 0.6 is 0 Å². The fourth-order valence-corrected chi connectivity index (χ4v) is 2.97. The van der Waals surface area contributed by atoms with E-state index in [1.165, 1.54) is 0 Å². The van der Waals surface area contributed by atoms with E-state index in [2.05, 4.69) is 26.1 Å². The van der Waals surface area contributed by atoms with Crippen LogP contribution in [-0.4, -0.2) is 31.1 Å². The van der Waals surface area contributed by atoms with Gasteiger partial charge >= 0.3 is 0 Å². The summed E-state index contributed by atoms with van der Waals surface area (Å²) in [5, 5.41) is 3.51. The average molecular weight is 225 g/mol. The Labute approximate surface area is 97.9 Å². The van der Waals surface area contributed by atoms with Crippen molar-refractivity contribution in [1.82, 2.24) is 5.32 Å². The third-order valence-electron chi connectivity index (χ3n) is 3.97. The van der Waals surface area contributed by atoms with E-state index in [0.717, 1.165) is 25.9 Å². The van der Waals surface area contributed by atoms with Gasteiger partial charge in [0.1, 0.15) is 5.78 Å². The molecule has 0 radical (unpaired) electrons. The number of carbonyl (C=O) groups excluding carboxylic acids is 1. The number of hydrogen-bond acceptors (Lipinski definition) is 3. The Bertz CT molecular complexity index is 275. The van der Waals surface area contributed by atoms with Gasteiger partial charge in [0.15, 0.2) is 0 Å². The molecule has 2 aliphatic rings. The van der Waals surface area contributed by atoms with E-state index < -0.39 is 0 Å². The molecule has 1 N–H and O–H groups in total. The predicted molar refractivity (Wildman–Crippen MR) is 63.3 cm³/mol. The van der Waals surface area contributed by atoms with Gasteiger partial charge in [0, 0.05) is 23.4 Å². The molecule has 0 bridgehead atoms. The summed E-state index contributed by atoms with van der Waals surface area (Å²) in [6.07, 6.45) is 3.22. The van der Waals surface area contributed by atoms with E-state index in [1.807, 2.05) is 0 Å². The molecule has 1 aliphatic carbocycles. The molecule has 1 saturated heterocycles. The Morgan fingerprint density at radius 3 is 2.81 bits per heavy atom. The van der Waals surface area contributed by atoms with Crippen LogP contribution < -0.4 is 5.32 Å². The van der Waals surface area contributed by atoms with Crippen LogP contribution in [0.3, 0.4) is 0 Å². The lowest BCUT2D eigenvalue weighted by Gasteiger charge is -2.40. The van der Waals surface area contributed by atoms with Crippen molar-refractivity contribution in [3.8, 4) is 0 Å². The Balaban J connectivity index is 2.05. The monoisotopic (exact) mass is 225 g/mol. The van der Waals surface area contributed by atoms with Crippen LogP contribution in [0, 0.1) is 11.3 Å². The quantitative estimate of drug-likeness (QED) is 0.739. The summed E-state index contributed by atoms with van der Waals surface area (Å²) in [4.78, 5) is 12.4. The van der Waals surface area contributed by atoms with E-state index >= 15 is 0 Å². The van der Waals surface area contributed by atoms with E-state index in [0.29, 0.717) is 18.4 Å². The SMILES string of the molecule is CC1COCC(C2CCCC(C)(C)C2=O)N1. The van der Waals surface area contributed by atoms with Crippen molar-refractivity contribution in [3.63, 3.8) is 0 Å². The normalized spacial score (nSPS) is 39.7. The van der Waals surface area contributed by atoms with E-state index in [9.17, 15) is 4.79 Å². The lowest BCUT2D eigenvalue weighted by molar-refractivity contribution is -0.137. The van der Waals surface area contributed by atoms with Crippen molar-refractivity contribution in [2.45, 2.75) is 52.1 Å². The van der Waals surface area contributed by atoms with E-state index in [4.69, 9.17) is 4.74 Å². The molecule has 0 amide bonds. The highest BCUT2D eigenvalue weighted by Gasteiger charge is 2.41. The van der Waals surface area contributed by atoms with Gasteiger partial charge in [0.05, 0.1) is 13.2 Å². The van der Waals surface area contributed by atoms with Crippen molar-refractivity contribution < 1.29 is 9.53 Å². The molecule has 3 heteroatoms. The number of morpholine rings is 1. The van der Waals surface area contributed by atoms with Crippen LogP contribution in [0.4, 0.5) is 0 Å². The highest BCUT2D eigenvalue weighted by Crippen LogP contribution is 2.37. The summed E-state index contributed by atoms with van der Waals surface area (Å²) in [6.45, 7) is 7.73. The Morgan fingerprint density at radius 2 is 2.12 bits per heavy atom. The van der Waals surface area contributed by atoms with Crippen molar-refractivity contribution in [1.29, 1.82) is 0 Å². The van der Waals surface area contributed by atoms with Gasteiger partial charge in [0.25, 0.3) is 0 Å². The fraction of sp³-hybridized carbons (Fsp3) is 0.923. The van der Waals surface area contributed by atoms with Gasteiger partial charge in [-0.3, -0.25) is 4.79 Å². The predicted octanol–water partition coefficient (Wildman–Crippen LogP) is 1.76. The van der Waals surface area contributed by atoms with Crippen molar-refractivity contribution in [3.05, 3.63) is 0 Å². The number of carbonyl (C=O) groups is 1. The Morgan fingerprint density at radius 1 is 1.38 bits per heavy atom. The van der Waals surface area contributed by atoms with Crippen molar-refractivity contribution in [2.75, 3.05) is 13.2 Å². The zero-order valence-corrected chi connectivity index (χ0v) is 10.6.